The predicted molar refractivity (Wildman–Crippen MR) is 69.2 cm³/mol. The van der Waals surface area contributed by atoms with Crippen molar-refractivity contribution in [3.8, 4) is 5.75 Å². The van der Waals surface area contributed by atoms with E-state index in [1.165, 1.54) is 12.0 Å². The molecule has 15 heavy (non-hydrogen) atoms. The van der Waals surface area contributed by atoms with E-state index in [1.807, 2.05) is 12.1 Å². The molecule has 1 aromatic carbocycles. The molecule has 0 bridgehead atoms. The van der Waals surface area contributed by atoms with Crippen LogP contribution in [0.15, 0.2) is 24.3 Å². The third-order valence-electron chi connectivity index (χ3n) is 2.44. The van der Waals surface area contributed by atoms with E-state index in [0.29, 0.717) is 16.8 Å². The molecule has 0 aromatic heterocycles. The number of aromatic hydroxyl groups is 1. The summed E-state index contributed by atoms with van der Waals surface area (Å²) in [4.78, 5) is 0. The Morgan fingerprint density at radius 3 is 2.47 bits per heavy atom. The van der Waals surface area contributed by atoms with E-state index >= 15 is 0 Å². The molecule has 84 valence electrons. The van der Waals surface area contributed by atoms with Crippen molar-refractivity contribution in [3.05, 3.63) is 29.8 Å². The van der Waals surface area contributed by atoms with Gasteiger partial charge in [0.25, 0.3) is 0 Å². The molecule has 0 amide bonds. The van der Waals surface area contributed by atoms with Crippen LogP contribution in [0.2, 0.25) is 0 Å². The minimum absolute atomic E-state index is 0.346. The van der Waals surface area contributed by atoms with Gasteiger partial charge in [0.15, 0.2) is 0 Å². The van der Waals surface area contributed by atoms with Gasteiger partial charge in [-0.2, -0.15) is 0 Å². The lowest BCUT2D eigenvalue weighted by atomic mass is 9.88. The van der Waals surface area contributed by atoms with Crippen LogP contribution < -0.4 is 0 Å². The molecule has 0 aliphatic rings. The highest BCUT2D eigenvalue weighted by molar-refractivity contribution is 7.37. The van der Waals surface area contributed by atoms with E-state index in [1.54, 1.807) is 6.07 Å². The van der Waals surface area contributed by atoms with Crippen LogP contribution >= 0.6 is 8.58 Å². The van der Waals surface area contributed by atoms with E-state index in [0.717, 1.165) is 8.58 Å². The maximum atomic E-state index is 9.46. The second-order valence-electron chi connectivity index (χ2n) is 5.20. The van der Waals surface area contributed by atoms with Crippen LogP contribution in [0, 0.1) is 5.41 Å². The topological polar surface area (TPSA) is 20.2 Å². The second kappa shape index (κ2) is 4.99. The van der Waals surface area contributed by atoms with E-state index in [2.05, 4.69) is 33.5 Å². The van der Waals surface area contributed by atoms with Crippen molar-refractivity contribution in [2.45, 2.75) is 32.9 Å². The first-order chi connectivity index (χ1) is 6.92. The molecule has 1 aromatic rings. The largest absolute Gasteiger partial charge is 0.508 e. The van der Waals surface area contributed by atoms with Crippen molar-refractivity contribution < 1.29 is 5.11 Å². The Morgan fingerprint density at radius 2 is 2.00 bits per heavy atom. The average molecular weight is 224 g/mol. The predicted octanol–water partition coefficient (Wildman–Crippen LogP) is 4.18. The third-order valence-corrected chi connectivity index (χ3v) is 3.67. The first kappa shape index (κ1) is 12.5. The summed E-state index contributed by atoms with van der Waals surface area (Å²) in [6.07, 6.45) is 1.17. The Morgan fingerprint density at radius 1 is 1.33 bits per heavy atom. The molecule has 2 heteroatoms. The summed E-state index contributed by atoms with van der Waals surface area (Å²) < 4.78 is 0. The van der Waals surface area contributed by atoms with Crippen LogP contribution in [0.1, 0.15) is 38.4 Å². The number of phenolic OH excluding ortho intramolecular Hbond substituents is 1. The molecule has 0 aliphatic heterocycles. The Bertz CT molecular complexity index is 315. The lowest BCUT2D eigenvalue weighted by molar-refractivity contribution is 0.373. The van der Waals surface area contributed by atoms with E-state index in [4.69, 9.17) is 0 Å². The maximum Gasteiger partial charge on any atom is 0.115 e. The molecule has 2 atom stereocenters. The van der Waals surface area contributed by atoms with Gasteiger partial charge >= 0.3 is 0 Å². The molecule has 0 radical (unpaired) electrons. The van der Waals surface area contributed by atoms with Crippen LogP contribution in [-0.4, -0.2) is 11.8 Å². The van der Waals surface area contributed by atoms with Crippen LogP contribution in [-0.2, 0) is 0 Å². The van der Waals surface area contributed by atoms with Crippen LogP contribution in [0.5, 0.6) is 5.75 Å². The fraction of sp³-hybridized carbons (Fsp3) is 0.538. The van der Waals surface area contributed by atoms with E-state index in [-0.39, 0.29) is 0 Å². The summed E-state index contributed by atoms with van der Waals surface area (Å²) >= 11 is 0. The zero-order chi connectivity index (χ0) is 11.5. The first-order valence-electron chi connectivity index (χ1n) is 5.38. The number of hydrogen-bond acceptors (Lipinski definition) is 1. The normalized spacial score (nSPS) is 14.7. The third kappa shape index (κ3) is 4.22. The lowest BCUT2D eigenvalue weighted by Crippen LogP contribution is -2.09. The smallest absolute Gasteiger partial charge is 0.115 e. The van der Waals surface area contributed by atoms with Crippen molar-refractivity contribution in [2.24, 2.45) is 5.41 Å². The van der Waals surface area contributed by atoms with Crippen molar-refractivity contribution in [1.82, 2.24) is 0 Å². The van der Waals surface area contributed by atoms with Gasteiger partial charge in [0, 0.05) is 5.66 Å². The fourth-order valence-corrected chi connectivity index (χ4v) is 3.07. The van der Waals surface area contributed by atoms with Crippen molar-refractivity contribution >= 4 is 8.58 Å². The molecule has 0 saturated heterocycles. The number of hydrogen-bond donors (Lipinski definition) is 1. The van der Waals surface area contributed by atoms with Crippen molar-refractivity contribution in [1.29, 1.82) is 0 Å². The van der Waals surface area contributed by atoms with E-state index < -0.39 is 0 Å². The highest BCUT2D eigenvalue weighted by Crippen LogP contribution is 2.41. The minimum Gasteiger partial charge on any atom is -0.508 e. The summed E-state index contributed by atoms with van der Waals surface area (Å²) in [5, 5.41) is 9.46. The summed E-state index contributed by atoms with van der Waals surface area (Å²) in [5.74, 6) is 0.379. The van der Waals surface area contributed by atoms with Gasteiger partial charge in [-0.15, -0.1) is 8.58 Å². The standard InChI is InChI=1S/C13H21OP/c1-13(2,3)9-12(15-4)10-6-5-7-11(14)8-10/h5-8,12,14-15H,9H2,1-4H3. The van der Waals surface area contributed by atoms with Gasteiger partial charge in [-0.1, -0.05) is 32.9 Å². The Kier molecular flexibility index (Phi) is 4.16. The van der Waals surface area contributed by atoms with Crippen LogP contribution in [0.25, 0.3) is 0 Å². The van der Waals surface area contributed by atoms with Crippen molar-refractivity contribution in [3.63, 3.8) is 0 Å². The van der Waals surface area contributed by atoms with Gasteiger partial charge < -0.3 is 5.11 Å². The number of rotatable bonds is 3. The van der Waals surface area contributed by atoms with Gasteiger partial charge in [0.1, 0.15) is 5.75 Å². The summed E-state index contributed by atoms with van der Waals surface area (Å²) in [6, 6.07) is 7.68. The zero-order valence-electron chi connectivity index (χ0n) is 10.0. The fourth-order valence-electron chi connectivity index (χ4n) is 1.74. The summed E-state index contributed by atoms with van der Waals surface area (Å²) in [6.45, 7) is 9.04. The summed E-state index contributed by atoms with van der Waals surface area (Å²) in [7, 11) is 0.885. The number of benzene rings is 1. The lowest BCUT2D eigenvalue weighted by Gasteiger charge is -2.25. The van der Waals surface area contributed by atoms with Crippen LogP contribution in [0.4, 0.5) is 0 Å². The SMILES string of the molecule is CPC(CC(C)(C)C)c1cccc(O)c1. The van der Waals surface area contributed by atoms with Gasteiger partial charge in [0.05, 0.1) is 0 Å². The molecule has 0 fully saturated rings. The molecule has 0 heterocycles. The second-order valence-corrected chi connectivity index (χ2v) is 6.48. The Balaban J connectivity index is 2.83. The Labute approximate surface area is 94.7 Å². The van der Waals surface area contributed by atoms with E-state index in [9.17, 15) is 5.11 Å². The minimum atomic E-state index is 0.346. The van der Waals surface area contributed by atoms with Gasteiger partial charge in [-0.25, -0.2) is 0 Å². The molecule has 2 unspecified atom stereocenters. The molecule has 1 rings (SSSR count). The van der Waals surface area contributed by atoms with Gasteiger partial charge in [-0.3, -0.25) is 0 Å². The maximum absolute atomic E-state index is 9.46. The molecule has 0 spiro atoms. The zero-order valence-corrected chi connectivity index (χ0v) is 11.0. The van der Waals surface area contributed by atoms with Crippen molar-refractivity contribution in [2.75, 3.05) is 6.66 Å². The highest BCUT2D eigenvalue weighted by atomic mass is 31.1. The molecule has 0 saturated carbocycles. The monoisotopic (exact) mass is 224 g/mol. The average Bonchev–Trinajstić information content (AvgIpc) is 2.13. The number of phenols is 1. The molecule has 1 nitrogen and oxygen atoms in total. The molecule has 1 N–H and O–H groups in total. The molecular weight excluding hydrogens is 203 g/mol. The molecular formula is C13H21OP. The van der Waals surface area contributed by atoms with Crippen LogP contribution in [0.3, 0.4) is 0 Å². The molecule has 0 aliphatic carbocycles. The Hall–Kier alpha value is -0.550. The first-order valence-corrected chi connectivity index (χ1v) is 6.96. The van der Waals surface area contributed by atoms with Gasteiger partial charge in [0.2, 0.25) is 0 Å². The quantitative estimate of drug-likeness (QED) is 0.764. The highest BCUT2D eigenvalue weighted by Gasteiger charge is 2.18. The van der Waals surface area contributed by atoms with Gasteiger partial charge in [-0.05, 0) is 36.2 Å². The summed E-state index contributed by atoms with van der Waals surface area (Å²) in [5.41, 5.74) is 2.20.